The maximum absolute atomic E-state index is 5.98. The van der Waals surface area contributed by atoms with Gasteiger partial charge in [-0.1, -0.05) is 19.9 Å². The van der Waals surface area contributed by atoms with Crippen molar-refractivity contribution in [1.82, 2.24) is 20.4 Å². The smallest absolute Gasteiger partial charge is 0.191 e. The SMILES string of the molecule is CCNC(=NCC1CCCN(Cc2cccs2)C1)NCC1CN(CC(C)C)CCO1.I. The Labute approximate surface area is 210 Å². The van der Waals surface area contributed by atoms with Crippen LogP contribution in [0, 0.1) is 11.8 Å². The summed E-state index contributed by atoms with van der Waals surface area (Å²) >= 11 is 1.86. The Balaban J connectivity index is 0.00000341. The summed E-state index contributed by atoms with van der Waals surface area (Å²) in [6, 6.07) is 4.40. The highest BCUT2D eigenvalue weighted by Crippen LogP contribution is 2.20. The zero-order valence-corrected chi connectivity index (χ0v) is 22.7. The van der Waals surface area contributed by atoms with Crippen LogP contribution < -0.4 is 10.6 Å². The monoisotopic (exact) mass is 563 g/mol. The van der Waals surface area contributed by atoms with Gasteiger partial charge >= 0.3 is 0 Å². The average Bonchev–Trinajstić information content (AvgIpc) is 3.23. The van der Waals surface area contributed by atoms with Crippen LogP contribution >= 0.6 is 35.3 Å². The number of rotatable bonds is 9. The van der Waals surface area contributed by atoms with E-state index in [9.17, 15) is 0 Å². The van der Waals surface area contributed by atoms with Crippen LogP contribution in [-0.2, 0) is 11.3 Å². The predicted molar refractivity (Wildman–Crippen MR) is 143 cm³/mol. The highest BCUT2D eigenvalue weighted by Gasteiger charge is 2.22. The molecule has 2 unspecified atom stereocenters. The molecule has 2 N–H and O–H groups in total. The van der Waals surface area contributed by atoms with Gasteiger partial charge in [-0.3, -0.25) is 14.8 Å². The van der Waals surface area contributed by atoms with Crippen LogP contribution in [0.5, 0.6) is 0 Å². The number of hydrogen-bond acceptors (Lipinski definition) is 5. The van der Waals surface area contributed by atoms with Crippen molar-refractivity contribution in [2.45, 2.75) is 46.3 Å². The number of likely N-dealkylation sites (tertiary alicyclic amines) is 1. The third-order valence-corrected chi connectivity index (χ3v) is 6.62. The van der Waals surface area contributed by atoms with Gasteiger partial charge in [0.2, 0.25) is 0 Å². The fourth-order valence-electron chi connectivity index (χ4n) is 4.43. The Morgan fingerprint density at radius 3 is 2.87 bits per heavy atom. The van der Waals surface area contributed by atoms with Crippen LogP contribution in [0.2, 0.25) is 0 Å². The Morgan fingerprint density at radius 2 is 2.13 bits per heavy atom. The summed E-state index contributed by atoms with van der Waals surface area (Å²) in [5.74, 6) is 2.27. The first-order valence-electron chi connectivity index (χ1n) is 11.7. The molecule has 1 aromatic rings. The molecular weight excluding hydrogens is 521 g/mol. The molecule has 0 amide bonds. The summed E-state index contributed by atoms with van der Waals surface area (Å²) in [7, 11) is 0. The van der Waals surface area contributed by atoms with Crippen LogP contribution in [-0.4, -0.2) is 80.8 Å². The molecule has 6 nitrogen and oxygen atoms in total. The molecule has 0 bridgehead atoms. The van der Waals surface area contributed by atoms with Gasteiger partial charge in [0, 0.05) is 57.2 Å². The van der Waals surface area contributed by atoms with Crippen molar-refractivity contribution in [2.75, 3.05) is 59.0 Å². The molecule has 2 atom stereocenters. The van der Waals surface area contributed by atoms with E-state index in [4.69, 9.17) is 9.73 Å². The van der Waals surface area contributed by atoms with E-state index in [0.717, 1.165) is 64.9 Å². The third kappa shape index (κ3) is 9.94. The molecule has 178 valence electrons. The molecule has 2 fully saturated rings. The quantitative estimate of drug-likeness (QED) is 0.274. The van der Waals surface area contributed by atoms with Crippen molar-refractivity contribution in [3.63, 3.8) is 0 Å². The molecule has 0 radical (unpaired) electrons. The van der Waals surface area contributed by atoms with Crippen molar-refractivity contribution in [3.8, 4) is 0 Å². The van der Waals surface area contributed by atoms with Crippen LogP contribution in [0.25, 0.3) is 0 Å². The first-order valence-corrected chi connectivity index (χ1v) is 12.6. The zero-order valence-electron chi connectivity index (χ0n) is 19.5. The maximum atomic E-state index is 5.98. The minimum atomic E-state index is 0. The first kappa shape index (κ1) is 26.8. The molecular formula is C23H42IN5OS. The minimum absolute atomic E-state index is 0. The van der Waals surface area contributed by atoms with E-state index in [1.165, 1.54) is 24.3 Å². The van der Waals surface area contributed by atoms with E-state index in [0.29, 0.717) is 11.8 Å². The molecule has 3 rings (SSSR count). The number of nitrogens with one attached hydrogen (secondary N) is 2. The number of guanidine groups is 1. The van der Waals surface area contributed by atoms with Crippen LogP contribution in [0.15, 0.2) is 22.5 Å². The predicted octanol–water partition coefficient (Wildman–Crippen LogP) is 3.49. The molecule has 0 aliphatic carbocycles. The van der Waals surface area contributed by atoms with Crippen molar-refractivity contribution in [1.29, 1.82) is 0 Å². The molecule has 0 saturated carbocycles. The number of aliphatic imine (C=N–C) groups is 1. The number of ether oxygens (including phenoxy) is 1. The third-order valence-electron chi connectivity index (χ3n) is 5.76. The summed E-state index contributed by atoms with van der Waals surface area (Å²) in [6.07, 6.45) is 2.79. The van der Waals surface area contributed by atoms with Crippen LogP contribution in [0.1, 0.15) is 38.5 Å². The van der Waals surface area contributed by atoms with Gasteiger partial charge in [-0.2, -0.15) is 0 Å². The van der Waals surface area contributed by atoms with Crippen molar-refractivity contribution >= 4 is 41.3 Å². The molecule has 8 heteroatoms. The largest absolute Gasteiger partial charge is 0.374 e. The van der Waals surface area contributed by atoms with Gasteiger partial charge in [-0.05, 0) is 49.6 Å². The normalized spacial score (nSPS) is 23.5. The fourth-order valence-corrected chi connectivity index (χ4v) is 5.17. The molecule has 0 spiro atoms. The van der Waals surface area contributed by atoms with E-state index in [-0.39, 0.29) is 30.1 Å². The highest BCUT2D eigenvalue weighted by molar-refractivity contribution is 14.0. The number of nitrogens with zero attached hydrogens (tertiary/aromatic N) is 3. The summed E-state index contributed by atoms with van der Waals surface area (Å²) in [6.45, 7) is 16.8. The fraction of sp³-hybridized carbons (Fsp3) is 0.783. The Kier molecular flexibility index (Phi) is 12.7. The van der Waals surface area contributed by atoms with Gasteiger partial charge < -0.3 is 15.4 Å². The lowest BCUT2D eigenvalue weighted by atomic mass is 9.98. The van der Waals surface area contributed by atoms with Crippen LogP contribution in [0.3, 0.4) is 0 Å². The standard InChI is InChI=1S/C23H41N5OS.HI/c1-4-24-23(26-14-21-17-28(10-11-29-21)15-19(2)3)25-13-20-7-5-9-27(16-20)18-22-8-6-12-30-22;/h6,8,12,19-21H,4-5,7,9-11,13-18H2,1-3H3,(H2,24,25,26);1H. The summed E-state index contributed by atoms with van der Waals surface area (Å²) in [5, 5.41) is 9.11. The number of piperidine rings is 1. The second-order valence-corrected chi connectivity index (χ2v) is 10.1. The molecule has 3 heterocycles. The van der Waals surface area contributed by atoms with Crippen molar-refractivity contribution in [2.24, 2.45) is 16.8 Å². The first-order chi connectivity index (χ1) is 14.6. The number of halogens is 1. The topological polar surface area (TPSA) is 52.1 Å². The summed E-state index contributed by atoms with van der Waals surface area (Å²) in [4.78, 5) is 11.5. The molecule has 2 aliphatic heterocycles. The lowest BCUT2D eigenvalue weighted by Gasteiger charge is -2.34. The Hall–Kier alpha value is -0.420. The molecule has 1 aromatic heterocycles. The van der Waals surface area contributed by atoms with Crippen LogP contribution in [0.4, 0.5) is 0 Å². The Bertz CT molecular complexity index is 627. The highest BCUT2D eigenvalue weighted by atomic mass is 127. The summed E-state index contributed by atoms with van der Waals surface area (Å²) < 4.78 is 5.98. The average molecular weight is 564 g/mol. The lowest BCUT2D eigenvalue weighted by Crippen LogP contribution is -2.50. The number of morpholine rings is 1. The second kappa shape index (κ2) is 14.7. The van der Waals surface area contributed by atoms with Gasteiger partial charge in [0.05, 0.1) is 12.7 Å². The number of thiophene rings is 1. The van der Waals surface area contributed by atoms with Gasteiger partial charge in [-0.15, -0.1) is 35.3 Å². The minimum Gasteiger partial charge on any atom is -0.374 e. The van der Waals surface area contributed by atoms with Crippen molar-refractivity contribution in [3.05, 3.63) is 22.4 Å². The lowest BCUT2D eigenvalue weighted by molar-refractivity contribution is -0.0284. The zero-order chi connectivity index (χ0) is 21.2. The van der Waals surface area contributed by atoms with E-state index in [1.54, 1.807) is 0 Å². The van der Waals surface area contributed by atoms with Gasteiger partial charge in [-0.25, -0.2) is 0 Å². The van der Waals surface area contributed by atoms with E-state index in [2.05, 4.69) is 58.7 Å². The van der Waals surface area contributed by atoms with E-state index >= 15 is 0 Å². The van der Waals surface area contributed by atoms with Gasteiger partial charge in [0.15, 0.2) is 5.96 Å². The van der Waals surface area contributed by atoms with Crippen molar-refractivity contribution < 1.29 is 4.74 Å². The Morgan fingerprint density at radius 1 is 1.26 bits per heavy atom. The molecule has 2 saturated heterocycles. The van der Waals surface area contributed by atoms with E-state index in [1.807, 2.05) is 11.3 Å². The molecule has 31 heavy (non-hydrogen) atoms. The van der Waals surface area contributed by atoms with Gasteiger partial charge in [0.1, 0.15) is 0 Å². The number of hydrogen-bond donors (Lipinski definition) is 2. The summed E-state index contributed by atoms with van der Waals surface area (Å²) in [5.41, 5.74) is 0. The van der Waals surface area contributed by atoms with Gasteiger partial charge in [0.25, 0.3) is 0 Å². The molecule has 2 aliphatic rings. The molecule has 0 aromatic carbocycles. The van der Waals surface area contributed by atoms with E-state index < -0.39 is 0 Å². The maximum Gasteiger partial charge on any atom is 0.191 e. The second-order valence-electron chi connectivity index (χ2n) is 9.07.